The van der Waals surface area contributed by atoms with E-state index in [0.29, 0.717) is 24.5 Å². The van der Waals surface area contributed by atoms with E-state index in [-0.39, 0.29) is 5.92 Å². The van der Waals surface area contributed by atoms with Crippen molar-refractivity contribution in [1.29, 1.82) is 0 Å². The number of phenols is 1. The molecule has 0 amide bonds. The van der Waals surface area contributed by atoms with E-state index in [0.717, 1.165) is 24.0 Å². The van der Waals surface area contributed by atoms with Crippen molar-refractivity contribution in [2.75, 3.05) is 0 Å². The second-order valence-corrected chi connectivity index (χ2v) is 4.95. The van der Waals surface area contributed by atoms with Gasteiger partial charge in [-0.25, -0.2) is 0 Å². The second-order valence-electron chi connectivity index (χ2n) is 4.95. The van der Waals surface area contributed by atoms with Crippen LogP contribution in [0.3, 0.4) is 0 Å². The molecule has 2 rings (SSSR count). The third kappa shape index (κ3) is 2.60. The molecular weight excluding hydrogens is 216 g/mol. The van der Waals surface area contributed by atoms with Crippen molar-refractivity contribution in [2.45, 2.75) is 38.5 Å². The summed E-state index contributed by atoms with van der Waals surface area (Å²) in [6.45, 7) is 1.95. The van der Waals surface area contributed by atoms with Gasteiger partial charge in [0.2, 0.25) is 0 Å². The molecule has 3 nitrogen and oxygen atoms in total. The first-order chi connectivity index (χ1) is 8.08. The van der Waals surface area contributed by atoms with E-state index in [1.165, 1.54) is 0 Å². The minimum absolute atomic E-state index is 0.196. The molecule has 0 aliphatic heterocycles. The van der Waals surface area contributed by atoms with Gasteiger partial charge in [0.15, 0.2) is 0 Å². The molecular formula is C14H18O3. The Balaban J connectivity index is 2.08. The molecule has 0 unspecified atom stereocenters. The van der Waals surface area contributed by atoms with Gasteiger partial charge in [-0.3, -0.25) is 4.79 Å². The Labute approximate surface area is 101 Å². The van der Waals surface area contributed by atoms with Crippen molar-refractivity contribution in [3.05, 3.63) is 29.3 Å². The molecule has 1 aromatic rings. The van der Waals surface area contributed by atoms with Gasteiger partial charge < -0.3 is 10.2 Å². The molecule has 92 valence electrons. The first kappa shape index (κ1) is 12.0. The molecule has 1 aliphatic carbocycles. The number of aliphatic carboxylic acids is 1. The van der Waals surface area contributed by atoms with Gasteiger partial charge in [-0.2, -0.15) is 0 Å². The summed E-state index contributed by atoms with van der Waals surface area (Å²) in [7, 11) is 0. The fraction of sp³-hybridized carbons (Fsp3) is 0.500. The maximum Gasteiger partial charge on any atom is 0.306 e. The largest absolute Gasteiger partial charge is 0.508 e. The first-order valence-electron chi connectivity index (χ1n) is 6.10. The summed E-state index contributed by atoms with van der Waals surface area (Å²) in [5.74, 6) is -0.217. The fourth-order valence-electron chi connectivity index (χ4n) is 2.65. The summed E-state index contributed by atoms with van der Waals surface area (Å²) in [6.07, 6.45) is 3.14. The zero-order valence-corrected chi connectivity index (χ0v) is 10.0. The predicted molar refractivity (Wildman–Crippen MR) is 65.2 cm³/mol. The lowest BCUT2D eigenvalue weighted by molar-refractivity contribution is -0.142. The third-order valence-corrected chi connectivity index (χ3v) is 3.70. The minimum Gasteiger partial charge on any atom is -0.508 e. The highest BCUT2D eigenvalue weighted by molar-refractivity contribution is 5.70. The summed E-state index contributed by atoms with van der Waals surface area (Å²) in [4.78, 5) is 10.9. The molecule has 17 heavy (non-hydrogen) atoms. The molecule has 0 radical (unpaired) electrons. The van der Waals surface area contributed by atoms with Crippen molar-refractivity contribution in [3.8, 4) is 5.75 Å². The number of aromatic hydroxyl groups is 1. The van der Waals surface area contributed by atoms with Crippen LogP contribution in [0.15, 0.2) is 18.2 Å². The van der Waals surface area contributed by atoms with E-state index < -0.39 is 5.97 Å². The number of hydrogen-bond donors (Lipinski definition) is 2. The van der Waals surface area contributed by atoms with Crippen LogP contribution >= 0.6 is 0 Å². The number of carboxylic acid groups (broad SMARTS) is 1. The summed E-state index contributed by atoms with van der Waals surface area (Å²) in [5.41, 5.74) is 2.02. The third-order valence-electron chi connectivity index (χ3n) is 3.70. The Morgan fingerprint density at radius 1 is 1.24 bits per heavy atom. The van der Waals surface area contributed by atoms with E-state index in [1.807, 2.05) is 19.1 Å². The fourth-order valence-corrected chi connectivity index (χ4v) is 2.65. The molecule has 0 atom stereocenters. The molecule has 1 saturated carbocycles. The number of carbonyl (C=O) groups is 1. The van der Waals surface area contributed by atoms with E-state index in [2.05, 4.69) is 0 Å². The maximum atomic E-state index is 10.9. The van der Waals surface area contributed by atoms with E-state index in [9.17, 15) is 9.90 Å². The topological polar surface area (TPSA) is 57.5 Å². The first-order valence-corrected chi connectivity index (χ1v) is 6.10. The smallest absolute Gasteiger partial charge is 0.306 e. The van der Waals surface area contributed by atoms with Crippen molar-refractivity contribution >= 4 is 5.97 Å². The van der Waals surface area contributed by atoms with Crippen LogP contribution in [-0.2, 0) is 4.79 Å². The number of phenolic OH excluding ortho intramolecular Hbond substituents is 1. The van der Waals surface area contributed by atoms with Crippen LogP contribution in [0, 0.1) is 12.8 Å². The van der Waals surface area contributed by atoms with Crippen molar-refractivity contribution in [3.63, 3.8) is 0 Å². The van der Waals surface area contributed by atoms with Crippen molar-refractivity contribution in [2.24, 2.45) is 5.92 Å². The van der Waals surface area contributed by atoms with Gasteiger partial charge in [0.05, 0.1) is 5.92 Å². The van der Waals surface area contributed by atoms with Crippen molar-refractivity contribution in [1.82, 2.24) is 0 Å². The average molecular weight is 234 g/mol. The molecule has 1 aromatic carbocycles. The zero-order valence-electron chi connectivity index (χ0n) is 10.0. The Morgan fingerprint density at radius 3 is 2.41 bits per heavy atom. The monoisotopic (exact) mass is 234 g/mol. The average Bonchev–Trinajstić information content (AvgIpc) is 2.29. The van der Waals surface area contributed by atoms with Crippen LogP contribution < -0.4 is 0 Å². The summed E-state index contributed by atoms with van der Waals surface area (Å²) < 4.78 is 0. The standard InChI is InChI=1S/C14H18O3/c1-9-2-7-12(13(15)8-9)10-3-5-11(6-4-10)14(16)17/h2,7-8,10-11,15H,3-6H2,1H3,(H,16,17). The van der Waals surface area contributed by atoms with Gasteiger partial charge >= 0.3 is 5.97 Å². The molecule has 0 bridgehead atoms. The highest BCUT2D eigenvalue weighted by Crippen LogP contribution is 2.39. The normalized spacial score (nSPS) is 24.5. The molecule has 0 spiro atoms. The van der Waals surface area contributed by atoms with Crippen molar-refractivity contribution < 1.29 is 15.0 Å². The van der Waals surface area contributed by atoms with Gasteiger partial charge in [0.1, 0.15) is 5.75 Å². The lowest BCUT2D eigenvalue weighted by atomic mass is 9.78. The molecule has 0 heterocycles. The highest BCUT2D eigenvalue weighted by Gasteiger charge is 2.27. The molecule has 0 aromatic heterocycles. The minimum atomic E-state index is -0.684. The highest BCUT2D eigenvalue weighted by atomic mass is 16.4. The van der Waals surface area contributed by atoms with Crippen LogP contribution in [0.5, 0.6) is 5.75 Å². The van der Waals surface area contributed by atoms with Gasteiger partial charge in [0, 0.05) is 0 Å². The molecule has 1 aliphatic rings. The molecule has 0 saturated heterocycles. The number of hydrogen-bond acceptors (Lipinski definition) is 2. The maximum absolute atomic E-state index is 10.9. The zero-order chi connectivity index (χ0) is 12.4. The quantitative estimate of drug-likeness (QED) is 0.826. The Morgan fingerprint density at radius 2 is 1.88 bits per heavy atom. The summed E-state index contributed by atoms with van der Waals surface area (Å²) in [6, 6.07) is 5.74. The van der Waals surface area contributed by atoms with Gasteiger partial charge in [-0.15, -0.1) is 0 Å². The molecule has 2 N–H and O–H groups in total. The van der Waals surface area contributed by atoms with E-state index in [4.69, 9.17) is 5.11 Å². The van der Waals surface area contributed by atoms with Crippen LogP contribution in [0.1, 0.15) is 42.7 Å². The van der Waals surface area contributed by atoms with Crippen LogP contribution in [-0.4, -0.2) is 16.2 Å². The number of aryl methyl sites for hydroxylation is 1. The van der Waals surface area contributed by atoms with Gasteiger partial charge in [-0.05, 0) is 55.7 Å². The van der Waals surface area contributed by atoms with Gasteiger partial charge in [0.25, 0.3) is 0 Å². The van der Waals surface area contributed by atoms with Crippen LogP contribution in [0.25, 0.3) is 0 Å². The van der Waals surface area contributed by atoms with E-state index >= 15 is 0 Å². The predicted octanol–water partition coefficient (Wildman–Crippen LogP) is 3.06. The summed E-state index contributed by atoms with van der Waals surface area (Å²) >= 11 is 0. The van der Waals surface area contributed by atoms with E-state index in [1.54, 1.807) is 6.07 Å². The van der Waals surface area contributed by atoms with Gasteiger partial charge in [-0.1, -0.05) is 12.1 Å². The number of benzene rings is 1. The lowest BCUT2D eigenvalue weighted by Crippen LogP contribution is -2.20. The summed E-state index contributed by atoms with van der Waals surface area (Å²) in [5, 5.41) is 18.8. The Bertz CT molecular complexity index is 417. The Kier molecular flexibility index (Phi) is 3.36. The number of carboxylic acids is 1. The second kappa shape index (κ2) is 4.78. The Hall–Kier alpha value is -1.51. The van der Waals surface area contributed by atoms with Crippen LogP contribution in [0.4, 0.5) is 0 Å². The van der Waals surface area contributed by atoms with Crippen LogP contribution in [0.2, 0.25) is 0 Å². The molecule has 3 heteroatoms. The molecule has 1 fully saturated rings. The SMILES string of the molecule is Cc1ccc(C2CCC(C(=O)O)CC2)c(O)c1. The lowest BCUT2D eigenvalue weighted by Gasteiger charge is -2.26. The number of rotatable bonds is 2.